The van der Waals surface area contributed by atoms with Crippen molar-refractivity contribution in [2.45, 2.75) is 117 Å². The van der Waals surface area contributed by atoms with Crippen molar-refractivity contribution in [2.75, 3.05) is 26.2 Å². The van der Waals surface area contributed by atoms with Crippen LogP contribution in [0.1, 0.15) is 112 Å². The van der Waals surface area contributed by atoms with Gasteiger partial charge in [0.05, 0.1) is 47.1 Å². The van der Waals surface area contributed by atoms with Crippen LogP contribution in [-0.4, -0.2) is 99.4 Å². The van der Waals surface area contributed by atoms with E-state index < -0.39 is 41.1 Å². The van der Waals surface area contributed by atoms with E-state index in [1.165, 1.54) is 13.2 Å². The third kappa shape index (κ3) is 8.03. The molecule has 5 bridgehead atoms. The van der Waals surface area contributed by atoms with Crippen LogP contribution >= 0.6 is 0 Å². The summed E-state index contributed by atoms with van der Waals surface area (Å²) < 4.78 is 18.1. The zero-order valence-electron chi connectivity index (χ0n) is 33.0. The highest BCUT2D eigenvalue weighted by Gasteiger charge is 2.54. The first-order chi connectivity index (χ1) is 26.1. The molecule has 1 spiro atoms. The molecule has 5 aliphatic rings. The van der Waals surface area contributed by atoms with Crippen molar-refractivity contribution in [3.05, 3.63) is 69.8 Å². The van der Waals surface area contributed by atoms with Crippen LogP contribution in [0.3, 0.4) is 0 Å². The van der Waals surface area contributed by atoms with Gasteiger partial charge in [-0.1, -0.05) is 39.0 Å². The smallest absolute Gasteiger partial charge is 0.312 e. The Morgan fingerprint density at radius 2 is 1.80 bits per heavy atom. The minimum atomic E-state index is -1.81. The Hall–Kier alpha value is -4.30. The van der Waals surface area contributed by atoms with Gasteiger partial charge in [-0.3, -0.25) is 19.4 Å². The number of likely N-dealkylation sites (tertiary alicyclic amines) is 1. The fraction of sp³-hybridized carbons (Fsp3) is 0.571. The van der Waals surface area contributed by atoms with Crippen molar-refractivity contribution in [3.8, 4) is 11.5 Å². The SMILES string of the molecule is CCO[C@@H]1CC/C=C/OC2(C)Oc3c(C)c(O)c4c(c3C2=O)C2=NC3(CCN(CC(C)C)CC3)NC2=C(NC(=O)/C(C)=C\C=C\[C@H](C)[C@H](O)C[C@@H](O)C1)C4=O. The third-order valence-electron chi connectivity index (χ3n) is 11.2. The fourth-order valence-electron chi connectivity index (χ4n) is 8.07. The normalized spacial score (nSPS) is 30.9. The number of rotatable bonds is 4. The van der Waals surface area contributed by atoms with Crippen LogP contribution in [0.15, 0.2) is 52.5 Å². The number of phenols is 1. The van der Waals surface area contributed by atoms with E-state index in [-0.39, 0.29) is 69.2 Å². The monoisotopic (exact) mass is 760 g/mol. The predicted molar refractivity (Wildman–Crippen MR) is 207 cm³/mol. The number of aliphatic imine (C=N–C) groups is 1. The molecule has 0 aromatic heterocycles. The highest BCUT2D eigenvalue weighted by atomic mass is 16.7. The zero-order chi connectivity index (χ0) is 39.8. The lowest BCUT2D eigenvalue weighted by Crippen LogP contribution is -2.50. The molecule has 5 atom stereocenters. The van der Waals surface area contributed by atoms with Gasteiger partial charge in [0, 0.05) is 68.6 Å². The average molecular weight is 761 g/mol. The summed E-state index contributed by atoms with van der Waals surface area (Å²) in [5.41, 5.74) is 0.277. The first-order valence-electron chi connectivity index (χ1n) is 19.6. The van der Waals surface area contributed by atoms with E-state index in [1.54, 1.807) is 38.2 Å². The molecule has 6 rings (SSSR count). The van der Waals surface area contributed by atoms with Crippen molar-refractivity contribution in [1.29, 1.82) is 0 Å². The second-order valence-electron chi connectivity index (χ2n) is 16.1. The lowest BCUT2D eigenvalue weighted by Gasteiger charge is -2.38. The Bertz CT molecular complexity index is 1870. The Labute approximate surface area is 323 Å². The average Bonchev–Trinajstić information content (AvgIpc) is 3.62. The van der Waals surface area contributed by atoms with Gasteiger partial charge in [-0.05, 0) is 58.4 Å². The molecule has 1 aromatic carbocycles. The van der Waals surface area contributed by atoms with E-state index in [2.05, 4.69) is 29.4 Å². The van der Waals surface area contributed by atoms with Crippen molar-refractivity contribution in [1.82, 2.24) is 15.5 Å². The standard InChI is InChI=1S/C42H56N4O9/c1-8-53-28-14-9-10-19-54-41(7)39(51)32-30-31(36(49)26(6)38(32)55-41)37(50)35(34-33(30)44-42(45-34)15-17-46(18-16-42)22-23(2)3)43-40(52)25(5)13-11-12-24(4)29(48)21-27(47)20-28/h10-13,19,23-24,27-29,45,47-49H,8-9,14-18,20-22H2,1-7H3,(H,43,52)/b12-11+,19-10+,25-13-/t24-,27-,28+,29+,41?/m0/s1. The number of nitrogens with zero attached hydrogens (tertiary/aromatic N) is 2. The molecule has 13 nitrogen and oxygen atoms in total. The first-order valence-corrected chi connectivity index (χ1v) is 19.6. The number of nitrogens with one attached hydrogen (secondary N) is 2. The van der Waals surface area contributed by atoms with E-state index in [0.717, 1.165) is 19.6 Å². The second-order valence-corrected chi connectivity index (χ2v) is 16.1. The lowest BCUT2D eigenvalue weighted by atomic mass is 9.82. The Balaban J connectivity index is 1.44. The predicted octanol–water partition coefficient (Wildman–Crippen LogP) is 4.73. The van der Waals surface area contributed by atoms with Gasteiger partial charge < -0.3 is 45.1 Å². The van der Waals surface area contributed by atoms with Crippen molar-refractivity contribution >= 4 is 23.2 Å². The molecule has 1 amide bonds. The van der Waals surface area contributed by atoms with Crippen LogP contribution in [0.4, 0.5) is 0 Å². The van der Waals surface area contributed by atoms with Gasteiger partial charge in [-0.15, -0.1) is 0 Å². The summed E-state index contributed by atoms with van der Waals surface area (Å²) in [5.74, 6) is -3.68. The summed E-state index contributed by atoms with van der Waals surface area (Å²) in [7, 11) is 0. The lowest BCUT2D eigenvalue weighted by molar-refractivity contribution is -0.116. The maximum atomic E-state index is 14.6. The number of aliphatic hydroxyl groups excluding tert-OH is 2. The molecule has 298 valence electrons. The molecule has 0 radical (unpaired) electrons. The third-order valence-corrected chi connectivity index (χ3v) is 11.2. The fourth-order valence-corrected chi connectivity index (χ4v) is 8.07. The Morgan fingerprint density at radius 3 is 2.49 bits per heavy atom. The largest absolute Gasteiger partial charge is 0.507 e. The molecular weight excluding hydrogens is 704 g/mol. The summed E-state index contributed by atoms with van der Waals surface area (Å²) in [5, 5.41) is 39.7. The number of aliphatic hydroxyl groups is 2. The number of allylic oxidation sites excluding steroid dienone is 5. The molecule has 13 heteroatoms. The molecule has 1 unspecified atom stereocenters. The molecule has 1 aromatic rings. The number of piperidine rings is 1. The number of ketones is 2. The molecule has 5 N–H and O–H groups in total. The number of amides is 1. The number of ether oxygens (including phenoxy) is 3. The summed E-state index contributed by atoms with van der Waals surface area (Å²) >= 11 is 0. The molecular formula is C42H56N4O9. The van der Waals surface area contributed by atoms with Crippen LogP contribution in [-0.2, 0) is 14.3 Å². The summed E-state index contributed by atoms with van der Waals surface area (Å²) in [4.78, 5) is 50.3. The molecule has 4 heterocycles. The molecule has 1 fully saturated rings. The van der Waals surface area contributed by atoms with E-state index in [4.69, 9.17) is 19.2 Å². The summed E-state index contributed by atoms with van der Waals surface area (Å²) in [6, 6.07) is 0. The van der Waals surface area contributed by atoms with E-state index in [1.807, 2.05) is 13.8 Å². The maximum absolute atomic E-state index is 14.6. The van der Waals surface area contributed by atoms with E-state index in [9.17, 15) is 29.7 Å². The molecule has 0 saturated carbocycles. The van der Waals surface area contributed by atoms with Gasteiger partial charge >= 0.3 is 5.79 Å². The van der Waals surface area contributed by atoms with Gasteiger partial charge in [-0.25, -0.2) is 0 Å². The number of fused-ring (bicyclic) bond motifs is 3. The van der Waals surface area contributed by atoms with Crippen LogP contribution in [0.2, 0.25) is 0 Å². The number of carbonyl (C=O) groups excluding carboxylic acids is 3. The zero-order valence-corrected chi connectivity index (χ0v) is 33.0. The topological polar surface area (TPSA) is 179 Å². The van der Waals surface area contributed by atoms with Gasteiger partial charge in [0.2, 0.25) is 5.78 Å². The number of hydrogen-bond donors (Lipinski definition) is 5. The van der Waals surface area contributed by atoms with Crippen LogP contribution in [0.5, 0.6) is 11.5 Å². The molecule has 1 aliphatic carbocycles. The van der Waals surface area contributed by atoms with Gasteiger partial charge in [0.15, 0.2) is 0 Å². The maximum Gasteiger partial charge on any atom is 0.312 e. The van der Waals surface area contributed by atoms with Crippen molar-refractivity contribution in [2.24, 2.45) is 16.8 Å². The number of benzene rings is 1. The summed E-state index contributed by atoms with van der Waals surface area (Å²) in [6.45, 7) is 15.6. The highest BCUT2D eigenvalue weighted by molar-refractivity contribution is 6.34. The van der Waals surface area contributed by atoms with Gasteiger partial charge in [0.1, 0.15) is 22.9 Å². The Kier molecular flexibility index (Phi) is 11.8. The van der Waals surface area contributed by atoms with Crippen molar-refractivity contribution in [3.63, 3.8) is 0 Å². The van der Waals surface area contributed by atoms with Crippen molar-refractivity contribution < 1.29 is 43.9 Å². The highest BCUT2D eigenvalue weighted by Crippen LogP contribution is 2.50. The van der Waals surface area contributed by atoms with Gasteiger partial charge in [-0.2, -0.15) is 0 Å². The van der Waals surface area contributed by atoms with Crippen LogP contribution in [0, 0.1) is 18.8 Å². The summed E-state index contributed by atoms with van der Waals surface area (Å²) in [6.07, 6.45) is 8.98. The quantitative estimate of drug-likeness (QED) is 0.287. The first kappa shape index (κ1) is 40.4. The van der Waals surface area contributed by atoms with Crippen LogP contribution < -0.4 is 15.4 Å². The Morgan fingerprint density at radius 1 is 1.07 bits per heavy atom. The van der Waals surface area contributed by atoms with Gasteiger partial charge in [0.25, 0.3) is 11.7 Å². The minimum Gasteiger partial charge on any atom is -0.507 e. The number of carbonyl (C=O) groups is 3. The number of aromatic hydroxyl groups is 1. The minimum absolute atomic E-state index is 0.0741. The molecule has 55 heavy (non-hydrogen) atoms. The number of Topliss-reactive ketones (excluding diaryl/α,β-unsaturated/α-hetero) is 2. The molecule has 1 saturated heterocycles. The molecule has 4 aliphatic heterocycles. The number of phenolic OH excluding ortho intramolecular Hbond substituents is 1. The van der Waals surface area contributed by atoms with Crippen LogP contribution in [0.25, 0.3) is 0 Å². The number of hydrogen-bond acceptors (Lipinski definition) is 12. The van der Waals surface area contributed by atoms with E-state index >= 15 is 0 Å². The van der Waals surface area contributed by atoms with E-state index in [0.29, 0.717) is 50.3 Å². The second kappa shape index (κ2) is 16.0.